The average Bonchev–Trinajstić information content (AvgIpc) is 2.27. The molecule has 0 bridgehead atoms. The Labute approximate surface area is 98.8 Å². The third-order valence-corrected chi connectivity index (χ3v) is 3.95. The van der Waals surface area contributed by atoms with Crippen LogP contribution in [0.15, 0.2) is 17.2 Å². The number of aromatic nitrogens is 1. The molecule has 0 radical (unpaired) electrons. The number of nitrogens with one attached hydrogen (secondary N) is 1. The summed E-state index contributed by atoms with van der Waals surface area (Å²) in [6, 6.07) is 3.57. The first kappa shape index (κ1) is 11.3. The van der Waals surface area contributed by atoms with Gasteiger partial charge in [-0.05, 0) is 12.0 Å². The van der Waals surface area contributed by atoms with E-state index >= 15 is 0 Å². The maximum atomic E-state index is 11.8. The number of hydrogen-bond acceptors (Lipinski definition) is 4. The number of ether oxygens (including phenoxy) is 1. The largest absolute Gasteiger partial charge is 0.481 e. The third kappa shape index (κ3) is 2.00. The molecule has 1 unspecified atom stereocenters. The van der Waals surface area contributed by atoms with Crippen LogP contribution >= 0.6 is 11.8 Å². The molecule has 1 aromatic rings. The molecular weight excluding hydrogens is 224 g/mol. The monoisotopic (exact) mass is 238 g/mol. The van der Waals surface area contributed by atoms with E-state index in [1.807, 2.05) is 19.9 Å². The van der Waals surface area contributed by atoms with Gasteiger partial charge in [0.2, 0.25) is 11.8 Å². The van der Waals surface area contributed by atoms with E-state index in [0.717, 1.165) is 10.7 Å². The van der Waals surface area contributed by atoms with Gasteiger partial charge < -0.3 is 10.1 Å². The highest BCUT2D eigenvalue weighted by Crippen LogP contribution is 2.37. The fourth-order valence-electron chi connectivity index (χ4n) is 1.54. The molecule has 1 amide bonds. The maximum Gasteiger partial charge on any atom is 0.238 e. The van der Waals surface area contributed by atoms with Crippen molar-refractivity contribution in [3.63, 3.8) is 0 Å². The van der Waals surface area contributed by atoms with Crippen LogP contribution < -0.4 is 10.1 Å². The van der Waals surface area contributed by atoms with Gasteiger partial charge in [0.1, 0.15) is 5.03 Å². The Morgan fingerprint density at radius 1 is 1.50 bits per heavy atom. The smallest absolute Gasteiger partial charge is 0.238 e. The summed E-state index contributed by atoms with van der Waals surface area (Å²) in [5, 5.41) is 3.62. The summed E-state index contributed by atoms with van der Waals surface area (Å²) in [6.45, 7) is 4.06. The molecule has 0 aliphatic carbocycles. The summed E-state index contributed by atoms with van der Waals surface area (Å²) >= 11 is 1.50. The number of anilines is 1. The van der Waals surface area contributed by atoms with Crippen molar-refractivity contribution in [1.29, 1.82) is 0 Å². The van der Waals surface area contributed by atoms with Crippen molar-refractivity contribution in [2.45, 2.75) is 24.1 Å². The number of nitrogens with zero attached hydrogens (tertiary/aromatic N) is 1. The highest BCUT2D eigenvalue weighted by Gasteiger charge is 2.30. The van der Waals surface area contributed by atoms with Crippen molar-refractivity contribution >= 4 is 23.4 Å². The average molecular weight is 238 g/mol. The molecule has 1 aliphatic heterocycles. The fourth-order valence-corrected chi connectivity index (χ4v) is 2.61. The van der Waals surface area contributed by atoms with Gasteiger partial charge in [0.15, 0.2) is 0 Å². The van der Waals surface area contributed by atoms with Crippen LogP contribution in [0.2, 0.25) is 0 Å². The van der Waals surface area contributed by atoms with E-state index in [9.17, 15) is 4.79 Å². The Hall–Kier alpha value is -1.23. The first-order chi connectivity index (χ1) is 7.61. The molecule has 0 saturated carbocycles. The zero-order chi connectivity index (χ0) is 11.7. The minimum absolute atomic E-state index is 0.0551. The van der Waals surface area contributed by atoms with Crippen LogP contribution in [0, 0.1) is 5.92 Å². The van der Waals surface area contributed by atoms with Gasteiger partial charge >= 0.3 is 0 Å². The second-order valence-electron chi connectivity index (χ2n) is 3.98. The van der Waals surface area contributed by atoms with Gasteiger partial charge in [0.25, 0.3) is 0 Å². The van der Waals surface area contributed by atoms with Gasteiger partial charge in [-0.25, -0.2) is 4.98 Å². The molecule has 1 aliphatic rings. The highest BCUT2D eigenvalue weighted by molar-refractivity contribution is 8.00. The summed E-state index contributed by atoms with van der Waals surface area (Å²) in [5.74, 6) is 0.913. The molecule has 5 heteroatoms. The lowest BCUT2D eigenvalue weighted by molar-refractivity contribution is -0.116. The number of methoxy groups -OCH3 is 1. The van der Waals surface area contributed by atoms with Gasteiger partial charge in [0, 0.05) is 6.07 Å². The van der Waals surface area contributed by atoms with Crippen LogP contribution in [0.3, 0.4) is 0 Å². The molecule has 16 heavy (non-hydrogen) atoms. The number of carbonyl (C=O) groups excluding carboxylic acids is 1. The minimum Gasteiger partial charge on any atom is -0.481 e. The standard InChI is InChI=1S/C11H14N2O2S/c1-6(2)9-10(14)12-7-4-5-8(15-3)13-11(7)16-9/h4-6,9H,1-3H3,(H,12,14). The van der Waals surface area contributed by atoms with Crippen LogP contribution in [0.25, 0.3) is 0 Å². The Kier molecular flexibility index (Phi) is 3.05. The predicted molar refractivity (Wildman–Crippen MR) is 63.9 cm³/mol. The van der Waals surface area contributed by atoms with E-state index < -0.39 is 0 Å². The number of carbonyl (C=O) groups is 1. The molecule has 1 N–H and O–H groups in total. The minimum atomic E-state index is -0.0768. The number of fused-ring (bicyclic) bond motifs is 1. The van der Waals surface area contributed by atoms with Crippen molar-refractivity contribution < 1.29 is 9.53 Å². The van der Waals surface area contributed by atoms with E-state index in [4.69, 9.17) is 4.74 Å². The number of rotatable bonds is 2. The Morgan fingerprint density at radius 2 is 2.25 bits per heavy atom. The van der Waals surface area contributed by atoms with E-state index in [1.54, 1.807) is 13.2 Å². The summed E-state index contributed by atoms with van der Waals surface area (Å²) < 4.78 is 5.07. The number of hydrogen-bond donors (Lipinski definition) is 1. The van der Waals surface area contributed by atoms with Crippen LogP contribution in [0.4, 0.5) is 5.69 Å². The van der Waals surface area contributed by atoms with E-state index in [1.165, 1.54) is 11.8 Å². The molecule has 1 atom stereocenters. The van der Waals surface area contributed by atoms with E-state index in [2.05, 4.69) is 10.3 Å². The SMILES string of the molecule is COc1ccc2c(n1)SC(C(C)C)C(=O)N2. The predicted octanol–water partition coefficient (Wildman–Crippen LogP) is 2.16. The molecule has 0 spiro atoms. The molecule has 0 fully saturated rings. The molecule has 1 aromatic heterocycles. The lowest BCUT2D eigenvalue weighted by Gasteiger charge is -2.25. The first-order valence-electron chi connectivity index (χ1n) is 5.14. The normalized spacial score (nSPS) is 19.2. The van der Waals surface area contributed by atoms with Crippen LogP contribution in [0.5, 0.6) is 5.88 Å². The Bertz CT molecular complexity index is 420. The number of amides is 1. The van der Waals surface area contributed by atoms with Crippen molar-refractivity contribution in [3.8, 4) is 5.88 Å². The first-order valence-corrected chi connectivity index (χ1v) is 6.02. The lowest BCUT2D eigenvalue weighted by Crippen LogP contribution is -2.33. The van der Waals surface area contributed by atoms with Gasteiger partial charge in [0.05, 0.1) is 18.0 Å². The quantitative estimate of drug-likeness (QED) is 0.857. The molecular formula is C11H14N2O2S. The van der Waals surface area contributed by atoms with Crippen molar-refractivity contribution in [2.75, 3.05) is 12.4 Å². The van der Waals surface area contributed by atoms with Crippen LogP contribution in [0.1, 0.15) is 13.8 Å². The van der Waals surface area contributed by atoms with E-state index in [0.29, 0.717) is 5.88 Å². The number of thioether (sulfide) groups is 1. The summed E-state index contributed by atoms with van der Waals surface area (Å²) in [5.41, 5.74) is 0.771. The summed E-state index contributed by atoms with van der Waals surface area (Å²) in [7, 11) is 1.58. The lowest BCUT2D eigenvalue weighted by atomic mass is 10.1. The van der Waals surface area contributed by atoms with Crippen molar-refractivity contribution in [2.24, 2.45) is 5.92 Å². The van der Waals surface area contributed by atoms with Crippen LogP contribution in [-0.2, 0) is 4.79 Å². The second-order valence-corrected chi connectivity index (χ2v) is 5.11. The molecule has 0 aromatic carbocycles. The number of pyridine rings is 1. The topological polar surface area (TPSA) is 51.2 Å². The molecule has 4 nitrogen and oxygen atoms in total. The molecule has 0 saturated heterocycles. The molecule has 2 heterocycles. The Balaban J connectivity index is 2.32. The van der Waals surface area contributed by atoms with Gasteiger partial charge in [-0.2, -0.15) is 0 Å². The van der Waals surface area contributed by atoms with Gasteiger partial charge in [-0.3, -0.25) is 4.79 Å². The zero-order valence-corrected chi connectivity index (χ0v) is 10.3. The maximum absolute atomic E-state index is 11.8. The van der Waals surface area contributed by atoms with Gasteiger partial charge in [-0.15, -0.1) is 0 Å². The van der Waals surface area contributed by atoms with E-state index in [-0.39, 0.29) is 17.1 Å². The van der Waals surface area contributed by atoms with Crippen LogP contribution in [-0.4, -0.2) is 23.3 Å². The summed E-state index contributed by atoms with van der Waals surface area (Å²) in [6.07, 6.45) is 0. The molecule has 86 valence electrons. The zero-order valence-electron chi connectivity index (χ0n) is 9.48. The fraction of sp³-hybridized carbons (Fsp3) is 0.455. The van der Waals surface area contributed by atoms with Crippen molar-refractivity contribution in [1.82, 2.24) is 4.98 Å². The highest BCUT2D eigenvalue weighted by atomic mass is 32.2. The third-order valence-electron chi connectivity index (χ3n) is 2.40. The van der Waals surface area contributed by atoms with Gasteiger partial charge in [-0.1, -0.05) is 25.6 Å². The summed E-state index contributed by atoms with van der Waals surface area (Å²) in [4.78, 5) is 16.1. The van der Waals surface area contributed by atoms with Crippen molar-refractivity contribution in [3.05, 3.63) is 12.1 Å². The molecule has 2 rings (SSSR count). The second kappa shape index (κ2) is 4.33. The Morgan fingerprint density at radius 3 is 2.88 bits per heavy atom.